The van der Waals surface area contributed by atoms with Crippen LogP contribution in [-0.2, 0) is 14.9 Å². The number of hydrogen-bond acceptors (Lipinski definition) is 7. The summed E-state index contributed by atoms with van der Waals surface area (Å²) in [7, 11) is -4.04. The molecule has 4 N–H and O–H groups in total. The number of amides is 1. The Morgan fingerprint density at radius 1 is 1.67 bits per heavy atom. The lowest BCUT2D eigenvalue weighted by Gasteiger charge is -2.06. The summed E-state index contributed by atoms with van der Waals surface area (Å²) >= 11 is 1.07. The second kappa shape index (κ2) is 5.98. The fourth-order valence-electron chi connectivity index (χ4n) is 0.953. The van der Waals surface area contributed by atoms with Crippen molar-refractivity contribution in [2.24, 2.45) is 5.73 Å². The van der Waals surface area contributed by atoms with Gasteiger partial charge in [0.1, 0.15) is 0 Å². The Hall–Kier alpha value is -1.39. The van der Waals surface area contributed by atoms with Crippen molar-refractivity contribution in [1.29, 1.82) is 0 Å². The predicted octanol–water partition coefficient (Wildman–Crippen LogP) is 0.566. The molecule has 0 spiro atoms. The zero-order valence-corrected chi connectivity index (χ0v) is 11.5. The number of hydrogen-bond donors (Lipinski definition) is 3. The molecule has 18 heavy (non-hydrogen) atoms. The molecule has 102 valence electrons. The van der Waals surface area contributed by atoms with Gasteiger partial charge in [-0.3, -0.25) is 0 Å². The van der Waals surface area contributed by atoms with E-state index in [-0.39, 0.29) is 17.8 Å². The third kappa shape index (κ3) is 4.47. The lowest BCUT2D eigenvalue weighted by Crippen LogP contribution is -2.35. The summed E-state index contributed by atoms with van der Waals surface area (Å²) in [5.41, 5.74) is 6.15. The van der Waals surface area contributed by atoms with Gasteiger partial charge < -0.3 is 10.5 Å². The number of nitrogens with two attached hydrogens (primary N) is 1. The SMILES string of the molecule is CCOC(=O)NS(=O)(=O)Nc1nc(C(C)N)cs1. The monoisotopic (exact) mass is 294 g/mol. The van der Waals surface area contributed by atoms with Gasteiger partial charge in [-0.2, -0.15) is 8.42 Å². The van der Waals surface area contributed by atoms with Crippen LogP contribution in [0.25, 0.3) is 0 Å². The van der Waals surface area contributed by atoms with Crippen LogP contribution in [0.15, 0.2) is 5.38 Å². The maximum absolute atomic E-state index is 11.5. The minimum atomic E-state index is -4.04. The molecular weight excluding hydrogens is 280 g/mol. The molecule has 0 saturated carbocycles. The summed E-state index contributed by atoms with van der Waals surface area (Å²) in [6.07, 6.45) is -1.05. The highest BCUT2D eigenvalue weighted by Crippen LogP contribution is 2.19. The molecule has 0 aliphatic rings. The first-order valence-electron chi connectivity index (χ1n) is 5.02. The van der Waals surface area contributed by atoms with Crippen LogP contribution in [0.5, 0.6) is 0 Å². The molecule has 1 heterocycles. The summed E-state index contributed by atoms with van der Waals surface area (Å²) in [6, 6.07) is -0.294. The molecule has 0 aliphatic heterocycles. The summed E-state index contributed by atoms with van der Waals surface area (Å²) in [5.74, 6) is 0. The van der Waals surface area contributed by atoms with E-state index in [1.807, 2.05) is 0 Å². The van der Waals surface area contributed by atoms with E-state index >= 15 is 0 Å². The number of carbonyl (C=O) groups excluding carboxylic acids is 1. The maximum Gasteiger partial charge on any atom is 0.422 e. The molecule has 1 atom stereocenters. The molecule has 0 saturated heterocycles. The molecule has 0 bridgehead atoms. The van der Waals surface area contributed by atoms with Gasteiger partial charge in [-0.05, 0) is 13.8 Å². The highest BCUT2D eigenvalue weighted by atomic mass is 32.2. The second-order valence-corrected chi connectivity index (χ2v) is 5.57. The Morgan fingerprint density at radius 3 is 2.83 bits per heavy atom. The van der Waals surface area contributed by atoms with E-state index in [1.54, 1.807) is 23.9 Å². The van der Waals surface area contributed by atoms with Gasteiger partial charge in [0.2, 0.25) is 0 Å². The minimum Gasteiger partial charge on any atom is -0.449 e. The Balaban J connectivity index is 2.67. The zero-order chi connectivity index (χ0) is 13.8. The molecule has 1 rings (SSSR count). The molecule has 0 radical (unpaired) electrons. The van der Waals surface area contributed by atoms with Crippen LogP contribution in [0.1, 0.15) is 25.6 Å². The summed E-state index contributed by atoms with van der Waals surface area (Å²) < 4.78 is 31.2. The fraction of sp³-hybridized carbons (Fsp3) is 0.500. The van der Waals surface area contributed by atoms with Crippen molar-refractivity contribution in [3.8, 4) is 0 Å². The molecular formula is C8H14N4O4S2. The number of aromatic nitrogens is 1. The van der Waals surface area contributed by atoms with Crippen LogP contribution < -0.4 is 15.2 Å². The van der Waals surface area contributed by atoms with Crippen LogP contribution in [0.4, 0.5) is 9.93 Å². The molecule has 1 aromatic heterocycles. The van der Waals surface area contributed by atoms with Crippen LogP contribution in [0.2, 0.25) is 0 Å². The van der Waals surface area contributed by atoms with Crippen LogP contribution >= 0.6 is 11.3 Å². The highest BCUT2D eigenvalue weighted by Gasteiger charge is 2.17. The van der Waals surface area contributed by atoms with Crippen molar-refractivity contribution in [1.82, 2.24) is 9.71 Å². The number of nitrogens with one attached hydrogen (secondary N) is 2. The van der Waals surface area contributed by atoms with Crippen molar-refractivity contribution in [3.63, 3.8) is 0 Å². The van der Waals surface area contributed by atoms with E-state index in [0.29, 0.717) is 5.69 Å². The Bertz CT molecular complexity index is 511. The predicted molar refractivity (Wildman–Crippen MR) is 67.4 cm³/mol. The largest absolute Gasteiger partial charge is 0.449 e. The quantitative estimate of drug-likeness (QED) is 0.729. The van der Waals surface area contributed by atoms with Gasteiger partial charge in [-0.25, -0.2) is 19.2 Å². The number of rotatable bonds is 5. The summed E-state index contributed by atoms with van der Waals surface area (Å²) in [4.78, 5) is 14.9. The number of carbonyl (C=O) groups is 1. The highest BCUT2D eigenvalue weighted by molar-refractivity contribution is 7.91. The fourth-order valence-corrected chi connectivity index (χ4v) is 2.74. The molecule has 8 nitrogen and oxygen atoms in total. The van der Waals surface area contributed by atoms with Gasteiger partial charge in [0.05, 0.1) is 12.3 Å². The Morgan fingerprint density at radius 2 is 2.33 bits per heavy atom. The van der Waals surface area contributed by atoms with Crippen LogP contribution in [-0.4, -0.2) is 26.1 Å². The molecule has 0 fully saturated rings. The Kier molecular flexibility index (Phi) is 4.87. The first-order chi connectivity index (χ1) is 8.34. The first kappa shape index (κ1) is 14.7. The van der Waals surface area contributed by atoms with E-state index < -0.39 is 16.3 Å². The van der Waals surface area contributed by atoms with Crippen molar-refractivity contribution >= 4 is 32.8 Å². The van der Waals surface area contributed by atoms with E-state index in [4.69, 9.17) is 5.73 Å². The number of thiazole rings is 1. The minimum absolute atomic E-state index is 0.0768. The molecule has 1 unspecified atom stereocenters. The average Bonchev–Trinajstić information content (AvgIpc) is 2.64. The standard InChI is InChI=1S/C8H14N4O4S2/c1-3-16-8(13)12-18(14,15)11-7-10-6(4-17-7)5(2)9/h4-5H,3,9H2,1-2H3,(H,10,11)(H,12,13). The third-order valence-electron chi connectivity index (χ3n) is 1.70. The van der Waals surface area contributed by atoms with Crippen molar-refractivity contribution in [2.45, 2.75) is 19.9 Å². The van der Waals surface area contributed by atoms with Crippen molar-refractivity contribution in [3.05, 3.63) is 11.1 Å². The van der Waals surface area contributed by atoms with E-state index in [1.165, 1.54) is 0 Å². The van der Waals surface area contributed by atoms with E-state index in [0.717, 1.165) is 11.3 Å². The van der Waals surface area contributed by atoms with Gasteiger partial charge in [0, 0.05) is 11.4 Å². The van der Waals surface area contributed by atoms with Crippen LogP contribution in [0, 0.1) is 0 Å². The lowest BCUT2D eigenvalue weighted by molar-refractivity contribution is 0.159. The topological polar surface area (TPSA) is 123 Å². The van der Waals surface area contributed by atoms with Gasteiger partial charge in [-0.15, -0.1) is 11.3 Å². The molecule has 1 aromatic rings. The van der Waals surface area contributed by atoms with Gasteiger partial charge in [-0.1, -0.05) is 0 Å². The second-order valence-electron chi connectivity index (χ2n) is 3.29. The molecule has 0 aliphatic carbocycles. The third-order valence-corrected chi connectivity index (χ3v) is 3.51. The molecule has 1 amide bonds. The normalized spacial score (nSPS) is 12.8. The average molecular weight is 294 g/mol. The smallest absolute Gasteiger partial charge is 0.422 e. The number of anilines is 1. The van der Waals surface area contributed by atoms with Crippen molar-refractivity contribution in [2.75, 3.05) is 11.3 Å². The Labute approximate surface area is 109 Å². The van der Waals surface area contributed by atoms with Gasteiger partial charge in [0.15, 0.2) is 5.13 Å². The van der Waals surface area contributed by atoms with Crippen molar-refractivity contribution < 1.29 is 17.9 Å². The van der Waals surface area contributed by atoms with E-state index in [9.17, 15) is 13.2 Å². The zero-order valence-electron chi connectivity index (χ0n) is 9.84. The van der Waals surface area contributed by atoms with Gasteiger partial charge >= 0.3 is 16.3 Å². The lowest BCUT2D eigenvalue weighted by atomic mass is 10.3. The maximum atomic E-state index is 11.5. The van der Waals surface area contributed by atoms with Crippen LogP contribution in [0.3, 0.4) is 0 Å². The van der Waals surface area contributed by atoms with E-state index in [2.05, 4.69) is 14.4 Å². The number of ether oxygens (including phenoxy) is 1. The number of nitrogens with zero attached hydrogens (tertiary/aromatic N) is 1. The summed E-state index contributed by atoms with van der Waals surface area (Å²) in [5, 5.41) is 1.76. The molecule has 0 aromatic carbocycles. The van der Waals surface area contributed by atoms with Gasteiger partial charge in [0.25, 0.3) is 0 Å². The molecule has 10 heteroatoms. The summed E-state index contributed by atoms with van der Waals surface area (Å²) in [6.45, 7) is 3.37. The first-order valence-corrected chi connectivity index (χ1v) is 7.38.